The van der Waals surface area contributed by atoms with Gasteiger partial charge < -0.3 is 10.1 Å². The molecule has 1 fully saturated rings. The van der Waals surface area contributed by atoms with Crippen molar-refractivity contribution in [3.8, 4) is 0 Å². The topological polar surface area (TPSA) is 38.3 Å². The maximum Gasteiger partial charge on any atom is 0.324 e. The molecule has 1 saturated heterocycles. The molecule has 0 saturated carbocycles. The zero-order chi connectivity index (χ0) is 11.2. The maximum atomic E-state index is 11.7. The molecular weight excluding hydrogens is 222 g/mol. The lowest BCUT2D eigenvalue weighted by atomic mass is 10.2. The monoisotopic (exact) mass is 237 g/mol. The summed E-state index contributed by atoms with van der Waals surface area (Å²) < 4.78 is 5.25. The molecule has 1 atom stereocenters. The number of hydrogen-bond acceptors (Lipinski definition) is 4. The highest BCUT2D eigenvalue weighted by Gasteiger charge is 2.22. The Balaban J connectivity index is 1.79. The van der Waals surface area contributed by atoms with Crippen molar-refractivity contribution in [1.29, 1.82) is 0 Å². The van der Waals surface area contributed by atoms with Gasteiger partial charge in [0.05, 0.1) is 0 Å². The molecule has 0 radical (unpaired) electrons. The van der Waals surface area contributed by atoms with Crippen LogP contribution in [0.3, 0.4) is 0 Å². The van der Waals surface area contributed by atoms with E-state index >= 15 is 0 Å². The van der Waals surface area contributed by atoms with Gasteiger partial charge in [0.15, 0.2) is 0 Å². The van der Waals surface area contributed by atoms with Gasteiger partial charge in [-0.15, -0.1) is 0 Å². The lowest BCUT2D eigenvalue weighted by Crippen LogP contribution is -2.44. The Hall–Kier alpha value is -1.00. The van der Waals surface area contributed by atoms with Gasteiger partial charge in [0.1, 0.15) is 12.6 Å². The molecule has 1 N–H and O–H groups in total. The van der Waals surface area contributed by atoms with E-state index in [2.05, 4.69) is 5.32 Å². The van der Waals surface area contributed by atoms with Crippen molar-refractivity contribution in [3.05, 3.63) is 35.9 Å². The molecule has 0 aromatic heterocycles. The summed E-state index contributed by atoms with van der Waals surface area (Å²) in [6, 6.07) is 9.61. The van der Waals surface area contributed by atoms with Crippen LogP contribution in [0.1, 0.15) is 5.56 Å². The van der Waals surface area contributed by atoms with Crippen molar-refractivity contribution in [3.63, 3.8) is 0 Å². The Labute approximate surface area is 99.6 Å². The number of carbonyl (C=O) groups excluding carboxylic acids is 1. The van der Waals surface area contributed by atoms with Gasteiger partial charge >= 0.3 is 5.97 Å². The number of rotatable bonds is 3. The number of nitrogens with one attached hydrogen (secondary N) is 1. The molecule has 16 heavy (non-hydrogen) atoms. The summed E-state index contributed by atoms with van der Waals surface area (Å²) in [5.41, 5.74) is 1.03. The number of hydrogen-bond donors (Lipinski definition) is 1. The number of thioether (sulfide) groups is 1. The third-order valence-electron chi connectivity index (χ3n) is 2.43. The van der Waals surface area contributed by atoms with Crippen LogP contribution in [0.2, 0.25) is 0 Å². The summed E-state index contributed by atoms with van der Waals surface area (Å²) >= 11 is 1.79. The molecule has 4 heteroatoms. The van der Waals surface area contributed by atoms with Crippen molar-refractivity contribution in [2.75, 3.05) is 18.1 Å². The summed E-state index contributed by atoms with van der Waals surface area (Å²) in [5.74, 6) is 1.74. The fourth-order valence-corrected chi connectivity index (χ4v) is 2.46. The Morgan fingerprint density at radius 3 is 2.94 bits per heavy atom. The second-order valence-electron chi connectivity index (χ2n) is 3.67. The summed E-state index contributed by atoms with van der Waals surface area (Å²) in [5, 5.41) is 3.16. The molecule has 1 aliphatic rings. The molecule has 0 aliphatic carbocycles. The van der Waals surface area contributed by atoms with Crippen LogP contribution in [0, 0.1) is 0 Å². The van der Waals surface area contributed by atoms with E-state index in [1.807, 2.05) is 30.3 Å². The van der Waals surface area contributed by atoms with Crippen LogP contribution in [-0.2, 0) is 16.1 Å². The summed E-state index contributed by atoms with van der Waals surface area (Å²) in [4.78, 5) is 11.7. The Morgan fingerprint density at radius 1 is 1.44 bits per heavy atom. The van der Waals surface area contributed by atoms with E-state index < -0.39 is 0 Å². The molecule has 1 heterocycles. The number of benzene rings is 1. The zero-order valence-electron chi connectivity index (χ0n) is 9.02. The first-order valence-electron chi connectivity index (χ1n) is 5.38. The van der Waals surface area contributed by atoms with Gasteiger partial charge in [-0.2, -0.15) is 11.8 Å². The van der Waals surface area contributed by atoms with Gasteiger partial charge in [0.25, 0.3) is 0 Å². The minimum atomic E-state index is -0.143. The minimum Gasteiger partial charge on any atom is -0.460 e. The van der Waals surface area contributed by atoms with Gasteiger partial charge in [0.2, 0.25) is 0 Å². The van der Waals surface area contributed by atoms with Crippen LogP contribution in [0.4, 0.5) is 0 Å². The third-order valence-corrected chi connectivity index (χ3v) is 3.49. The predicted octanol–water partition coefficient (Wildman–Crippen LogP) is 1.43. The molecule has 86 valence electrons. The van der Waals surface area contributed by atoms with Crippen molar-refractivity contribution >= 4 is 17.7 Å². The average molecular weight is 237 g/mol. The van der Waals surface area contributed by atoms with Crippen molar-refractivity contribution in [1.82, 2.24) is 5.32 Å². The van der Waals surface area contributed by atoms with E-state index in [0.29, 0.717) is 6.61 Å². The number of carbonyl (C=O) groups is 1. The van der Waals surface area contributed by atoms with Crippen molar-refractivity contribution < 1.29 is 9.53 Å². The van der Waals surface area contributed by atoms with E-state index in [9.17, 15) is 4.79 Å². The summed E-state index contributed by atoms with van der Waals surface area (Å²) in [6.45, 7) is 1.25. The Kier molecular flexibility index (Phi) is 4.25. The molecule has 3 nitrogen and oxygen atoms in total. The maximum absolute atomic E-state index is 11.7. The van der Waals surface area contributed by atoms with E-state index in [1.54, 1.807) is 11.8 Å². The Morgan fingerprint density at radius 2 is 2.25 bits per heavy atom. The highest BCUT2D eigenvalue weighted by atomic mass is 32.2. The third kappa shape index (κ3) is 3.25. The minimum absolute atomic E-state index is 0.137. The molecule has 1 aliphatic heterocycles. The molecular formula is C12H15NO2S. The lowest BCUT2D eigenvalue weighted by Gasteiger charge is -2.21. The Bertz CT molecular complexity index is 336. The quantitative estimate of drug-likeness (QED) is 0.807. The number of esters is 1. The largest absolute Gasteiger partial charge is 0.460 e. The lowest BCUT2D eigenvalue weighted by molar-refractivity contribution is -0.146. The SMILES string of the molecule is O=C(OCc1ccccc1)C1CSCCN1. The van der Waals surface area contributed by atoms with Crippen LogP contribution in [0.5, 0.6) is 0 Å². The molecule has 1 aromatic carbocycles. The standard InChI is InChI=1S/C12H15NO2S/c14-12(11-9-16-7-6-13-11)15-8-10-4-2-1-3-5-10/h1-5,11,13H,6-9H2. The van der Waals surface area contributed by atoms with Gasteiger partial charge in [-0.25, -0.2) is 0 Å². The molecule has 0 spiro atoms. The van der Waals surface area contributed by atoms with Crippen LogP contribution < -0.4 is 5.32 Å². The molecule has 1 aromatic rings. The zero-order valence-corrected chi connectivity index (χ0v) is 9.83. The summed E-state index contributed by atoms with van der Waals surface area (Å²) in [6.07, 6.45) is 0. The van der Waals surface area contributed by atoms with E-state index in [1.165, 1.54) is 0 Å². The first-order chi connectivity index (χ1) is 7.86. The van der Waals surface area contributed by atoms with Crippen LogP contribution >= 0.6 is 11.8 Å². The fourth-order valence-electron chi connectivity index (χ4n) is 1.55. The molecule has 0 amide bonds. The average Bonchev–Trinajstić information content (AvgIpc) is 2.38. The predicted molar refractivity (Wildman–Crippen MR) is 65.4 cm³/mol. The van der Waals surface area contributed by atoms with Gasteiger partial charge in [-0.3, -0.25) is 4.79 Å². The normalized spacial score (nSPS) is 20.4. The van der Waals surface area contributed by atoms with Crippen LogP contribution in [0.15, 0.2) is 30.3 Å². The molecule has 1 unspecified atom stereocenters. The number of ether oxygens (including phenoxy) is 1. The molecule has 0 bridgehead atoms. The van der Waals surface area contributed by atoms with E-state index in [0.717, 1.165) is 23.6 Å². The smallest absolute Gasteiger partial charge is 0.324 e. The second-order valence-corrected chi connectivity index (χ2v) is 4.82. The van der Waals surface area contributed by atoms with Gasteiger partial charge in [-0.1, -0.05) is 30.3 Å². The molecule has 2 rings (SSSR count). The van der Waals surface area contributed by atoms with E-state index in [-0.39, 0.29) is 12.0 Å². The summed E-state index contributed by atoms with van der Waals surface area (Å²) in [7, 11) is 0. The van der Waals surface area contributed by atoms with Gasteiger partial charge in [0, 0.05) is 18.1 Å². The first kappa shape index (κ1) is 11.5. The fraction of sp³-hybridized carbons (Fsp3) is 0.417. The van der Waals surface area contributed by atoms with Crippen molar-refractivity contribution in [2.45, 2.75) is 12.6 Å². The van der Waals surface area contributed by atoms with Crippen molar-refractivity contribution in [2.24, 2.45) is 0 Å². The van der Waals surface area contributed by atoms with Gasteiger partial charge in [-0.05, 0) is 5.56 Å². The first-order valence-corrected chi connectivity index (χ1v) is 6.53. The second kappa shape index (κ2) is 5.92. The van der Waals surface area contributed by atoms with Crippen LogP contribution in [-0.4, -0.2) is 30.1 Å². The van der Waals surface area contributed by atoms with E-state index in [4.69, 9.17) is 4.74 Å². The highest BCUT2D eigenvalue weighted by molar-refractivity contribution is 7.99. The van der Waals surface area contributed by atoms with Crippen LogP contribution in [0.25, 0.3) is 0 Å². The highest BCUT2D eigenvalue weighted by Crippen LogP contribution is 2.10.